The largest absolute Gasteiger partial charge is 0.382 e. The van der Waals surface area contributed by atoms with E-state index in [9.17, 15) is 10.2 Å². The number of hydrogen-bond acceptors (Lipinski definition) is 4. The number of halogens is 2. The summed E-state index contributed by atoms with van der Waals surface area (Å²) in [4.78, 5) is 3.90. The van der Waals surface area contributed by atoms with Gasteiger partial charge in [0.2, 0.25) is 0 Å². The minimum atomic E-state index is -1.77. The Bertz CT molecular complexity index is 854. The van der Waals surface area contributed by atoms with Gasteiger partial charge in [0.1, 0.15) is 23.9 Å². The summed E-state index contributed by atoms with van der Waals surface area (Å²) in [5, 5.41) is 27.7. The fraction of sp³-hybridized carbons (Fsp3) is 0.222. The Labute approximate surface area is 155 Å². The van der Waals surface area contributed by atoms with Crippen molar-refractivity contribution in [3.05, 3.63) is 82.4 Å². The van der Waals surface area contributed by atoms with Crippen LogP contribution in [0.4, 0.5) is 0 Å². The molecule has 0 aliphatic carbocycles. The molecule has 0 aliphatic rings. The minimum Gasteiger partial charge on any atom is -0.382 e. The first-order chi connectivity index (χ1) is 11.8. The van der Waals surface area contributed by atoms with Gasteiger partial charge in [0.25, 0.3) is 0 Å². The van der Waals surface area contributed by atoms with Crippen LogP contribution in [0.5, 0.6) is 0 Å². The van der Waals surface area contributed by atoms with Crippen molar-refractivity contribution in [2.45, 2.75) is 24.7 Å². The molecule has 1 heterocycles. The third kappa shape index (κ3) is 3.28. The van der Waals surface area contributed by atoms with Crippen LogP contribution in [0.1, 0.15) is 18.1 Å². The van der Waals surface area contributed by atoms with Crippen molar-refractivity contribution in [3.63, 3.8) is 0 Å². The fourth-order valence-corrected chi connectivity index (χ4v) is 3.44. The van der Waals surface area contributed by atoms with Crippen LogP contribution in [0.25, 0.3) is 0 Å². The second kappa shape index (κ2) is 6.77. The molecular formula is C18H17Cl2N3O2. The highest BCUT2D eigenvalue weighted by Crippen LogP contribution is 2.44. The van der Waals surface area contributed by atoms with Crippen molar-refractivity contribution in [2.24, 2.45) is 0 Å². The van der Waals surface area contributed by atoms with Gasteiger partial charge in [0.15, 0.2) is 0 Å². The molecule has 1 aromatic heterocycles. The molecule has 0 aliphatic heterocycles. The SMILES string of the molecule is C[C@@](O)(c1ccccc1)[C@](O)(Cn1cncn1)c1ccc(Cl)cc1Cl. The Balaban J connectivity index is 2.18. The van der Waals surface area contributed by atoms with Crippen LogP contribution in [0.15, 0.2) is 61.2 Å². The Morgan fingerprint density at radius 1 is 1.08 bits per heavy atom. The summed E-state index contributed by atoms with van der Waals surface area (Å²) in [6.45, 7) is 1.50. The van der Waals surface area contributed by atoms with Crippen molar-refractivity contribution in [1.82, 2.24) is 14.8 Å². The van der Waals surface area contributed by atoms with E-state index in [1.54, 1.807) is 43.3 Å². The summed E-state index contributed by atoms with van der Waals surface area (Å²) in [6, 6.07) is 13.7. The van der Waals surface area contributed by atoms with Gasteiger partial charge in [-0.3, -0.25) is 0 Å². The lowest BCUT2D eigenvalue weighted by Crippen LogP contribution is -2.50. The number of aromatic nitrogens is 3. The Hall–Kier alpha value is -1.92. The normalized spacial score (nSPS) is 16.2. The number of benzene rings is 2. The predicted octanol–water partition coefficient (Wildman–Crippen LogP) is 3.38. The highest BCUT2D eigenvalue weighted by atomic mass is 35.5. The van der Waals surface area contributed by atoms with E-state index in [1.165, 1.54) is 23.4 Å². The molecule has 25 heavy (non-hydrogen) atoms. The summed E-state index contributed by atoms with van der Waals surface area (Å²) < 4.78 is 1.45. The van der Waals surface area contributed by atoms with Crippen LogP contribution in [-0.4, -0.2) is 25.0 Å². The van der Waals surface area contributed by atoms with E-state index in [2.05, 4.69) is 10.1 Å². The second-order valence-corrected chi connectivity index (χ2v) is 6.86. The van der Waals surface area contributed by atoms with E-state index in [0.717, 1.165) is 0 Å². The van der Waals surface area contributed by atoms with Gasteiger partial charge >= 0.3 is 0 Å². The Kier molecular flexibility index (Phi) is 4.84. The molecule has 0 fully saturated rings. The van der Waals surface area contributed by atoms with E-state index in [4.69, 9.17) is 23.2 Å². The number of aliphatic hydroxyl groups is 2. The third-order valence-corrected chi connectivity index (χ3v) is 4.92. The van der Waals surface area contributed by atoms with E-state index >= 15 is 0 Å². The average molecular weight is 378 g/mol. The van der Waals surface area contributed by atoms with Gasteiger partial charge in [-0.2, -0.15) is 5.10 Å². The number of nitrogens with zero attached hydrogens (tertiary/aromatic N) is 3. The van der Waals surface area contributed by atoms with Crippen LogP contribution < -0.4 is 0 Å². The molecule has 0 saturated heterocycles. The van der Waals surface area contributed by atoms with Gasteiger partial charge in [-0.1, -0.05) is 59.6 Å². The van der Waals surface area contributed by atoms with Crippen molar-refractivity contribution in [2.75, 3.05) is 0 Å². The van der Waals surface area contributed by atoms with Crippen LogP contribution in [0, 0.1) is 0 Å². The standard InChI is InChI=1S/C18H17Cl2N3O2/c1-17(24,13-5-3-2-4-6-13)18(25,10-23-12-21-11-22-23)15-8-7-14(19)9-16(15)20/h2-9,11-12,24-25H,10H2,1H3/t17-,18+/m1/s1. The summed E-state index contributed by atoms with van der Waals surface area (Å²) in [5.74, 6) is 0. The van der Waals surface area contributed by atoms with E-state index in [1.807, 2.05) is 6.07 Å². The number of rotatable bonds is 5. The maximum atomic E-state index is 11.6. The molecule has 3 rings (SSSR count). The monoisotopic (exact) mass is 377 g/mol. The van der Waals surface area contributed by atoms with Crippen LogP contribution in [0.2, 0.25) is 10.0 Å². The van der Waals surface area contributed by atoms with Crippen LogP contribution in [0.3, 0.4) is 0 Å². The molecule has 0 radical (unpaired) electrons. The van der Waals surface area contributed by atoms with Crippen LogP contribution in [-0.2, 0) is 17.7 Å². The van der Waals surface area contributed by atoms with Crippen molar-refractivity contribution in [1.29, 1.82) is 0 Å². The van der Waals surface area contributed by atoms with E-state index in [0.29, 0.717) is 16.1 Å². The maximum absolute atomic E-state index is 11.6. The molecule has 7 heteroatoms. The van der Waals surface area contributed by atoms with Gasteiger partial charge in [0, 0.05) is 15.6 Å². The first kappa shape index (κ1) is 17.9. The summed E-state index contributed by atoms with van der Waals surface area (Å²) in [5.41, 5.74) is -2.53. The van der Waals surface area contributed by atoms with E-state index < -0.39 is 11.2 Å². The lowest BCUT2D eigenvalue weighted by atomic mass is 9.74. The molecule has 5 nitrogen and oxygen atoms in total. The molecule has 0 unspecified atom stereocenters. The molecule has 2 atom stereocenters. The first-order valence-electron chi connectivity index (χ1n) is 7.63. The third-order valence-electron chi connectivity index (χ3n) is 4.38. The van der Waals surface area contributed by atoms with Gasteiger partial charge in [-0.25, -0.2) is 9.67 Å². The molecule has 0 amide bonds. The fourth-order valence-electron chi connectivity index (χ4n) is 2.88. The smallest absolute Gasteiger partial charge is 0.143 e. The lowest BCUT2D eigenvalue weighted by molar-refractivity contribution is -0.164. The van der Waals surface area contributed by atoms with Crippen molar-refractivity contribution < 1.29 is 10.2 Å². The molecule has 2 N–H and O–H groups in total. The highest BCUT2D eigenvalue weighted by Gasteiger charge is 2.50. The molecule has 3 aromatic rings. The topological polar surface area (TPSA) is 71.2 Å². The Morgan fingerprint density at radius 3 is 2.40 bits per heavy atom. The highest BCUT2D eigenvalue weighted by molar-refractivity contribution is 6.35. The van der Waals surface area contributed by atoms with Crippen LogP contribution >= 0.6 is 23.2 Å². The summed E-state index contributed by atoms with van der Waals surface area (Å²) >= 11 is 12.3. The van der Waals surface area contributed by atoms with Gasteiger partial charge in [-0.05, 0) is 24.6 Å². The zero-order valence-corrected chi connectivity index (χ0v) is 15.0. The minimum absolute atomic E-state index is 0.0454. The quantitative estimate of drug-likeness (QED) is 0.714. The van der Waals surface area contributed by atoms with Gasteiger partial charge < -0.3 is 10.2 Å². The van der Waals surface area contributed by atoms with E-state index in [-0.39, 0.29) is 11.6 Å². The molecular weight excluding hydrogens is 361 g/mol. The lowest BCUT2D eigenvalue weighted by Gasteiger charge is -2.42. The Morgan fingerprint density at radius 2 is 1.80 bits per heavy atom. The molecule has 0 spiro atoms. The average Bonchev–Trinajstić information content (AvgIpc) is 3.08. The summed E-state index contributed by atoms with van der Waals surface area (Å²) in [6.07, 6.45) is 2.83. The molecule has 130 valence electrons. The van der Waals surface area contributed by atoms with Crippen molar-refractivity contribution in [3.8, 4) is 0 Å². The van der Waals surface area contributed by atoms with Gasteiger partial charge in [0.05, 0.1) is 6.54 Å². The molecule has 0 bridgehead atoms. The summed E-state index contributed by atoms with van der Waals surface area (Å²) in [7, 11) is 0. The zero-order valence-electron chi connectivity index (χ0n) is 13.5. The maximum Gasteiger partial charge on any atom is 0.143 e. The zero-order chi connectivity index (χ0) is 18.1. The first-order valence-corrected chi connectivity index (χ1v) is 8.38. The molecule has 2 aromatic carbocycles. The molecule has 0 saturated carbocycles. The van der Waals surface area contributed by atoms with Gasteiger partial charge in [-0.15, -0.1) is 0 Å². The second-order valence-electron chi connectivity index (χ2n) is 6.02. The predicted molar refractivity (Wildman–Crippen MR) is 96.4 cm³/mol. The van der Waals surface area contributed by atoms with Crippen molar-refractivity contribution >= 4 is 23.2 Å². The number of hydrogen-bond donors (Lipinski definition) is 2.